The zero-order valence-corrected chi connectivity index (χ0v) is 17.8. The summed E-state index contributed by atoms with van der Waals surface area (Å²) in [5.41, 5.74) is 2.99. The molecule has 0 radical (unpaired) electrons. The Balaban J connectivity index is 1.22. The monoisotopic (exact) mass is 434 g/mol. The lowest BCUT2D eigenvalue weighted by Crippen LogP contribution is -2.44. The summed E-state index contributed by atoms with van der Waals surface area (Å²) in [6, 6.07) is 7.88. The first-order chi connectivity index (χ1) is 14.1. The molecule has 4 nitrogen and oxygen atoms in total. The van der Waals surface area contributed by atoms with E-state index in [0.29, 0.717) is 16.1 Å². The summed E-state index contributed by atoms with van der Waals surface area (Å²) in [4.78, 5) is 8.82. The van der Waals surface area contributed by atoms with Crippen molar-refractivity contribution in [2.45, 2.75) is 31.8 Å². The number of benzene rings is 1. The highest BCUT2D eigenvalue weighted by Crippen LogP contribution is 2.25. The Kier molecular flexibility index (Phi) is 6.70. The number of piperidine rings is 1. The Morgan fingerprint density at radius 2 is 1.93 bits per heavy atom. The third-order valence-corrected chi connectivity index (χ3v) is 6.38. The maximum absolute atomic E-state index is 13.6. The molecule has 0 spiro atoms. The standard InChI is InChI=1S/C22H25Cl2FN4/c23-19-4-3-16(12-20(19)24)14-26-18-5-8-28(9-6-18)10-11-29-7-1-2-21-22(29)13-17(25)15-27-21/h1,3-4,7,12-13,15,18,26H,2,5-6,8-11,14H2. The highest BCUT2D eigenvalue weighted by atomic mass is 35.5. The van der Waals surface area contributed by atoms with Crippen molar-refractivity contribution < 1.29 is 4.39 Å². The molecule has 7 heteroatoms. The number of allylic oxidation sites excluding steroid dienone is 1. The summed E-state index contributed by atoms with van der Waals surface area (Å²) in [6.45, 7) is 4.72. The van der Waals surface area contributed by atoms with Crippen molar-refractivity contribution >= 4 is 28.9 Å². The van der Waals surface area contributed by atoms with E-state index in [1.807, 2.05) is 18.2 Å². The van der Waals surface area contributed by atoms with Gasteiger partial charge in [-0.25, -0.2) is 4.39 Å². The molecule has 0 amide bonds. The second kappa shape index (κ2) is 9.43. The number of anilines is 1. The fourth-order valence-corrected chi connectivity index (χ4v) is 4.27. The molecule has 1 aromatic heterocycles. The van der Waals surface area contributed by atoms with Crippen molar-refractivity contribution in [3.05, 3.63) is 69.9 Å². The van der Waals surface area contributed by atoms with Crippen molar-refractivity contribution in [3.8, 4) is 0 Å². The Morgan fingerprint density at radius 1 is 1.10 bits per heavy atom. The van der Waals surface area contributed by atoms with Gasteiger partial charge < -0.3 is 15.1 Å². The van der Waals surface area contributed by atoms with Gasteiger partial charge in [0.15, 0.2) is 0 Å². The molecule has 4 rings (SSSR count). The van der Waals surface area contributed by atoms with Crippen LogP contribution < -0.4 is 10.2 Å². The van der Waals surface area contributed by atoms with E-state index >= 15 is 0 Å². The Labute approximate surface area is 181 Å². The van der Waals surface area contributed by atoms with Gasteiger partial charge in [0.05, 0.1) is 27.6 Å². The van der Waals surface area contributed by atoms with Crippen molar-refractivity contribution in [1.82, 2.24) is 15.2 Å². The largest absolute Gasteiger partial charge is 0.345 e. The van der Waals surface area contributed by atoms with Crippen LogP contribution in [0.4, 0.5) is 10.1 Å². The molecule has 2 aromatic rings. The van der Waals surface area contributed by atoms with Crippen LogP contribution in [0.2, 0.25) is 10.0 Å². The number of hydrogen-bond acceptors (Lipinski definition) is 4. The van der Waals surface area contributed by atoms with E-state index in [1.54, 1.807) is 6.07 Å². The minimum absolute atomic E-state index is 0.280. The van der Waals surface area contributed by atoms with Gasteiger partial charge in [-0.15, -0.1) is 0 Å². The van der Waals surface area contributed by atoms with Gasteiger partial charge in [-0.1, -0.05) is 35.3 Å². The van der Waals surface area contributed by atoms with Gasteiger partial charge in [0.2, 0.25) is 0 Å². The highest BCUT2D eigenvalue weighted by molar-refractivity contribution is 6.42. The van der Waals surface area contributed by atoms with E-state index in [2.05, 4.69) is 32.4 Å². The quantitative estimate of drug-likeness (QED) is 0.716. The molecule has 1 fully saturated rings. The first-order valence-corrected chi connectivity index (χ1v) is 10.8. The summed E-state index contributed by atoms with van der Waals surface area (Å²) >= 11 is 12.1. The molecule has 29 heavy (non-hydrogen) atoms. The van der Waals surface area contributed by atoms with E-state index in [9.17, 15) is 4.39 Å². The predicted octanol–water partition coefficient (Wildman–Crippen LogP) is 4.66. The molecule has 0 aliphatic carbocycles. The maximum Gasteiger partial charge on any atom is 0.143 e. The highest BCUT2D eigenvalue weighted by Gasteiger charge is 2.20. The first kappa shape index (κ1) is 20.6. The zero-order chi connectivity index (χ0) is 20.2. The van der Waals surface area contributed by atoms with Crippen LogP contribution >= 0.6 is 23.2 Å². The minimum atomic E-state index is -0.280. The molecule has 2 aliphatic rings. The second-order valence-corrected chi connectivity index (χ2v) is 8.46. The smallest absolute Gasteiger partial charge is 0.143 e. The Morgan fingerprint density at radius 3 is 2.72 bits per heavy atom. The number of fused-ring (bicyclic) bond motifs is 1. The average Bonchev–Trinajstić information content (AvgIpc) is 2.74. The number of pyridine rings is 1. The molecule has 3 heterocycles. The maximum atomic E-state index is 13.6. The topological polar surface area (TPSA) is 31.4 Å². The van der Waals surface area contributed by atoms with E-state index < -0.39 is 0 Å². The number of likely N-dealkylation sites (tertiary alicyclic amines) is 1. The van der Waals surface area contributed by atoms with Gasteiger partial charge in [-0.2, -0.15) is 0 Å². The molecule has 1 N–H and O–H groups in total. The molecular weight excluding hydrogens is 410 g/mol. The summed E-state index contributed by atoms with van der Waals surface area (Å²) in [6.07, 6.45) is 8.43. The molecule has 154 valence electrons. The van der Waals surface area contributed by atoms with Crippen LogP contribution in [0.25, 0.3) is 0 Å². The summed E-state index contributed by atoms with van der Waals surface area (Å²) in [7, 11) is 0. The van der Waals surface area contributed by atoms with Crippen molar-refractivity contribution in [2.75, 3.05) is 31.1 Å². The van der Waals surface area contributed by atoms with Gasteiger partial charge in [0.25, 0.3) is 0 Å². The second-order valence-electron chi connectivity index (χ2n) is 7.65. The molecule has 0 bridgehead atoms. The predicted molar refractivity (Wildman–Crippen MR) is 117 cm³/mol. The number of nitrogens with one attached hydrogen (secondary N) is 1. The third kappa shape index (κ3) is 5.28. The van der Waals surface area contributed by atoms with Gasteiger partial charge >= 0.3 is 0 Å². The lowest BCUT2D eigenvalue weighted by molar-refractivity contribution is 0.201. The van der Waals surface area contributed by atoms with Crippen LogP contribution in [0.3, 0.4) is 0 Å². The average molecular weight is 435 g/mol. The molecule has 1 aromatic carbocycles. The van der Waals surface area contributed by atoms with Gasteiger partial charge in [-0.05, 0) is 43.6 Å². The van der Waals surface area contributed by atoms with Crippen LogP contribution in [-0.2, 0) is 13.0 Å². The summed E-state index contributed by atoms with van der Waals surface area (Å²) in [5.74, 6) is -0.280. The summed E-state index contributed by atoms with van der Waals surface area (Å²) < 4.78 is 13.6. The number of aromatic nitrogens is 1. The van der Waals surface area contributed by atoms with Gasteiger partial charge in [0, 0.05) is 44.4 Å². The Bertz CT molecular complexity index is 881. The van der Waals surface area contributed by atoms with Crippen LogP contribution in [0.1, 0.15) is 24.1 Å². The van der Waals surface area contributed by atoms with Crippen molar-refractivity contribution in [1.29, 1.82) is 0 Å². The molecule has 0 atom stereocenters. The summed E-state index contributed by atoms with van der Waals surface area (Å²) in [5, 5.41) is 4.82. The van der Waals surface area contributed by atoms with Crippen molar-refractivity contribution in [2.24, 2.45) is 0 Å². The number of halogens is 3. The lowest BCUT2D eigenvalue weighted by atomic mass is 10.0. The minimum Gasteiger partial charge on any atom is -0.345 e. The van der Waals surface area contributed by atoms with Crippen LogP contribution in [0.15, 0.2) is 42.7 Å². The van der Waals surface area contributed by atoms with E-state index in [0.717, 1.165) is 68.9 Å². The lowest BCUT2D eigenvalue weighted by Gasteiger charge is -2.34. The van der Waals surface area contributed by atoms with Crippen molar-refractivity contribution in [3.63, 3.8) is 0 Å². The molecular formula is C22H25Cl2FN4. The van der Waals surface area contributed by atoms with Gasteiger partial charge in [-0.3, -0.25) is 4.98 Å². The zero-order valence-electron chi connectivity index (χ0n) is 16.3. The third-order valence-electron chi connectivity index (χ3n) is 5.64. The van der Waals surface area contributed by atoms with E-state index in [1.165, 1.54) is 6.20 Å². The van der Waals surface area contributed by atoms with Crippen LogP contribution in [0, 0.1) is 5.82 Å². The van der Waals surface area contributed by atoms with Gasteiger partial charge in [0.1, 0.15) is 5.82 Å². The van der Waals surface area contributed by atoms with Crippen LogP contribution in [0.5, 0.6) is 0 Å². The Hall–Kier alpha value is -1.66. The SMILES string of the molecule is Fc1cnc2c(c1)N(CCN1CCC(NCc3ccc(Cl)c(Cl)c3)CC1)C=CC2. The number of rotatable bonds is 6. The normalized spacial score (nSPS) is 17.6. The first-order valence-electron chi connectivity index (χ1n) is 10.1. The molecule has 0 saturated carbocycles. The van der Waals surface area contributed by atoms with E-state index in [-0.39, 0.29) is 5.82 Å². The van der Waals surface area contributed by atoms with Crippen LogP contribution in [-0.4, -0.2) is 42.1 Å². The fraction of sp³-hybridized carbons (Fsp3) is 0.409. The molecule has 0 unspecified atom stereocenters. The number of hydrogen-bond donors (Lipinski definition) is 1. The van der Waals surface area contributed by atoms with E-state index in [4.69, 9.17) is 23.2 Å². The molecule has 2 aliphatic heterocycles. The molecule has 1 saturated heterocycles. The number of nitrogens with zero attached hydrogens (tertiary/aromatic N) is 3. The fourth-order valence-electron chi connectivity index (χ4n) is 3.95.